The maximum absolute atomic E-state index is 11.8. The summed E-state index contributed by atoms with van der Waals surface area (Å²) in [5.74, 6) is -0.0830. The summed E-state index contributed by atoms with van der Waals surface area (Å²) in [6, 6.07) is 18.9. The molecule has 1 fully saturated rings. The number of nitrogens with zero attached hydrogens (tertiary/aromatic N) is 1. The average molecular weight is 340 g/mol. The van der Waals surface area contributed by atoms with Crippen LogP contribution in [0.3, 0.4) is 0 Å². The van der Waals surface area contributed by atoms with Crippen molar-refractivity contribution in [3.63, 3.8) is 0 Å². The first kappa shape index (κ1) is 17.0. The lowest BCUT2D eigenvalue weighted by molar-refractivity contribution is -0.232. The van der Waals surface area contributed by atoms with Crippen molar-refractivity contribution in [3.05, 3.63) is 71.8 Å². The topological polar surface area (TPSA) is 67.9 Å². The third-order valence-electron chi connectivity index (χ3n) is 3.90. The minimum absolute atomic E-state index is 0.0830. The molecule has 1 atom stereocenters. The Hall–Kier alpha value is -2.86. The zero-order valence-corrected chi connectivity index (χ0v) is 13.8. The Morgan fingerprint density at radius 2 is 1.60 bits per heavy atom. The van der Waals surface area contributed by atoms with Crippen LogP contribution in [0.4, 0.5) is 4.79 Å². The lowest BCUT2D eigenvalue weighted by Crippen LogP contribution is -2.56. The van der Waals surface area contributed by atoms with E-state index < -0.39 is 6.09 Å². The second-order valence-corrected chi connectivity index (χ2v) is 5.78. The molecule has 130 valence electrons. The zero-order chi connectivity index (χ0) is 17.5. The van der Waals surface area contributed by atoms with Gasteiger partial charge in [-0.05, 0) is 11.1 Å². The van der Waals surface area contributed by atoms with Crippen LogP contribution in [0, 0.1) is 0 Å². The number of hydrogen-bond acceptors (Lipinski definition) is 4. The first-order chi connectivity index (χ1) is 12.2. The van der Waals surface area contributed by atoms with E-state index >= 15 is 0 Å². The van der Waals surface area contributed by atoms with Gasteiger partial charge in [0.1, 0.15) is 13.2 Å². The Bertz CT molecular complexity index is 706. The molecule has 1 saturated heterocycles. The molecule has 1 aliphatic heterocycles. The van der Waals surface area contributed by atoms with Crippen LogP contribution in [0.5, 0.6) is 0 Å². The van der Waals surface area contributed by atoms with Crippen molar-refractivity contribution in [2.45, 2.75) is 25.7 Å². The van der Waals surface area contributed by atoms with Gasteiger partial charge in [0.15, 0.2) is 0 Å². The predicted molar refractivity (Wildman–Crippen MR) is 91.1 cm³/mol. The van der Waals surface area contributed by atoms with E-state index in [9.17, 15) is 9.59 Å². The number of alkyl carbamates (subject to hydrolysis) is 1. The largest absolute Gasteiger partial charge is 0.445 e. The summed E-state index contributed by atoms with van der Waals surface area (Å²) in [5.41, 5.74) is 1.90. The van der Waals surface area contributed by atoms with Gasteiger partial charge in [-0.3, -0.25) is 9.63 Å². The molecule has 6 nitrogen and oxygen atoms in total. The van der Waals surface area contributed by atoms with E-state index in [2.05, 4.69) is 5.32 Å². The summed E-state index contributed by atoms with van der Waals surface area (Å²) < 4.78 is 5.14. The number of hydroxylamine groups is 2. The van der Waals surface area contributed by atoms with Crippen LogP contribution in [-0.4, -0.2) is 29.7 Å². The molecular formula is C19H20N2O4. The number of ether oxygens (including phenoxy) is 1. The SMILES string of the molecule is O=C(NCC1CC(=O)N1OCc1ccccc1)OCc1ccccc1. The molecule has 1 heterocycles. The number of benzene rings is 2. The molecule has 0 saturated carbocycles. The Kier molecular flexibility index (Phi) is 5.64. The van der Waals surface area contributed by atoms with E-state index in [1.165, 1.54) is 5.06 Å². The van der Waals surface area contributed by atoms with E-state index in [0.29, 0.717) is 19.6 Å². The second-order valence-electron chi connectivity index (χ2n) is 5.78. The van der Waals surface area contributed by atoms with Gasteiger partial charge in [-0.2, -0.15) is 0 Å². The van der Waals surface area contributed by atoms with E-state index in [4.69, 9.17) is 9.57 Å². The minimum Gasteiger partial charge on any atom is -0.445 e. The molecule has 3 rings (SSSR count). The van der Waals surface area contributed by atoms with Crippen LogP contribution in [0.2, 0.25) is 0 Å². The van der Waals surface area contributed by atoms with Crippen molar-refractivity contribution in [2.75, 3.05) is 6.54 Å². The van der Waals surface area contributed by atoms with E-state index in [1.807, 2.05) is 60.7 Å². The van der Waals surface area contributed by atoms with Gasteiger partial charge in [-0.15, -0.1) is 0 Å². The normalized spacial score (nSPS) is 16.2. The Morgan fingerprint density at radius 1 is 1.00 bits per heavy atom. The van der Waals surface area contributed by atoms with Gasteiger partial charge in [0.05, 0.1) is 12.5 Å². The molecule has 0 radical (unpaired) electrons. The van der Waals surface area contributed by atoms with E-state index in [1.54, 1.807) is 0 Å². The maximum atomic E-state index is 11.8. The van der Waals surface area contributed by atoms with Crippen LogP contribution in [-0.2, 0) is 27.6 Å². The molecular weight excluding hydrogens is 320 g/mol. The highest BCUT2D eigenvalue weighted by Gasteiger charge is 2.37. The monoisotopic (exact) mass is 340 g/mol. The van der Waals surface area contributed by atoms with E-state index in [0.717, 1.165) is 11.1 Å². The fraction of sp³-hybridized carbons (Fsp3) is 0.263. The fourth-order valence-corrected chi connectivity index (χ4v) is 2.49. The molecule has 6 heteroatoms. The second kappa shape index (κ2) is 8.30. The smallest absolute Gasteiger partial charge is 0.407 e. The molecule has 1 aliphatic rings. The zero-order valence-electron chi connectivity index (χ0n) is 13.8. The van der Waals surface area contributed by atoms with Gasteiger partial charge in [0.25, 0.3) is 0 Å². The fourth-order valence-electron chi connectivity index (χ4n) is 2.49. The van der Waals surface area contributed by atoms with Gasteiger partial charge in [-0.1, -0.05) is 60.7 Å². The number of amides is 2. The number of hydrogen-bond donors (Lipinski definition) is 1. The summed E-state index contributed by atoms with van der Waals surface area (Å²) >= 11 is 0. The van der Waals surface area contributed by atoms with Crippen molar-refractivity contribution in [1.82, 2.24) is 10.4 Å². The summed E-state index contributed by atoms with van der Waals surface area (Å²) in [4.78, 5) is 29.0. The molecule has 0 spiro atoms. The summed E-state index contributed by atoms with van der Waals surface area (Å²) in [6.45, 7) is 0.834. The molecule has 2 aromatic carbocycles. The minimum atomic E-state index is -0.508. The Balaban J connectivity index is 1.38. The highest BCUT2D eigenvalue weighted by atomic mass is 16.7. The number of nitrogens with one attached hydrogen (secondary N) is 1. The van der Waals surface area contributed by atoms with Crippen LogP contribution < -0.4 is 5.32 Å². The predicted octanol–water partition coefficient (Wildman–Crippen LogP) is 2.65. The van der Waals surface area contributed by atoms with Gasteiger partial charge in [0.2, 0.25) is 5.91 Å². The molecule has 0 bridgehead atoms. The van der Waals surface area contributed by atoms with Gasteiger partial charge < -0.3 is 10.1 Å². The third kappa shape index (κ3) is 4.81. The maximum Gasteiger partial charge on any atom is 0.407 e. The van der Waals surface area contributed by atoms with Crippen molar-refractivity contribution in [3.8, 4) is 0 Å². The molecule has 25 heavy (non-hydrogen) atoms. The van der Waals surface area contributed by atoms with Crippen molar-refractivity contribution >= 4 is 12.0 Å². The number of carbonyl (C=O) groups excluding carboxylic acids is 2. The molecule has 1 N–H and O–H groups in total. The van der Waals surface area contributed by atoms with Crippen LogP contribution in [0.1, 0.15) is 17.5 Å². The van der Waals surface area contributed by atoms with Gasteiger partial charge in [-0.25, -0.2) is 9.86 Å². The number of carbonyl (C=O) groups is 2. The first-order valence-electron chi connectivity index (χ1n) is 8.16. The summed E-state index contributed by atoms with van der Waals surface area (Å²) in [5, 5.41) is 3.99. The Labute approximate surface area is 146 Å². The highest BCUT2D eigenvalue weighted by Crippen LogP contribution is 2.20. The van der Waals surface area contributed by atoms with Crippen molar-refractivity contribution < 1.29 is 19.2 Å². The number of rotatable bonds is 7. The quantitative estimate of drug-likeness (QED) is 0.787. The molecule has 0 aromatic heterocycles. The molecule has 0 aliphatic carbocycles. The van der Waals surface area contributed by atoms with Crippen LogP contribution in [0.25, 0.3) is 0 Å². The van der Waals surface area contributed by atoms with Gasteiger partial charge >= 0.3 is 6.09 Å². The third-order valence-corrected chi connectivity index (χ3v) is 3.90. The lowest BCUT2D eigenvalue weighted by atomic mass is 10.1. The standard InChI is InChI=1S/C19H20N2O4/c22-18-11-17(21(18)25-14-16-9-5-2-6-10-16)12-20-19(23)24-13-15-7-3-1-4-8-15/h1-10,17H,11-14H2,(H,20,23). The first-order valence-corrected chi connectivity index (χ1v) is 8.16. The highest BCUT2D eigenvalue weighted by molar-refractivity contribution is 5.82. The summed E-state index contributed by atoms with van der Waals surface area (Å²) in [7, 11) is 0. The van der Waals surface area contributed by atoms with Crippen molar-refractivity contribution in [2.24, 2.45) is 0 Å². The molecule has 1 unspecified atom stereocenters. The van der Waals surface area contributed by atoms with Crippen LogP contribution in [0.15, 0.2) is 60.7 Å². The molecule has 2 amide bonds. The van der Waals surface area contributed by atoms with Crippen molar-refractivity contribution in [1.29, 1.82) is 0 Å². The molecule has 2 aromatic rings. The van der Waals surface area contributed by atoms with Gasteiger partial charge in [0, 0.05) is 6.54 Å². The summed E-state index contributed by atoms with van der Waals surface area (Å²) in [6.07, 6.45) is -0.153. The average Bonchev–Trinajstić information content (AvgIpc) is 2.65. The van der Waals surface area contributed by atoms with Crippen LogP contribution >= 0.6 is 0 Å². The lowest BCUT2D eigenvalue weighted by Gasteiger charge is -2.38. The Morgan fingerprint density at radius 3 is 2.20 bits per heavy atom. The number of β-lactam (4-membered cyclic amide) rings is 1. The van der Waals surface area contributed by atoms with E-state index in [-0.39, 0.29) is 18.6 Å².